The molecule has 5 heteroatoms. The summed E-state index contributed by atoms with van der Waals surface area (Å²) in [5.74, 6) is 1.03. The zero-order valence-electron chi connectivity index (χ0n) is 12.7. The summed E-state index contributed by atoms with van der Waals surface area (Å²) in [5.41, 5.74) is 4.02. The lowest BCUT2D eigenvalue weighted by molar-refractivity contribution is -0.115. The van der Waals surface area contributed by atoms with Gasteiger partial charge in [-0.1, -0.05) is 18.2 Å². The van der Waals surface area contributed by atoms with Crippen LogP contribution >= 0.6 is 0 Å². The number of nitrogens with one attached hydrogen (secondary N) is 1. The first-order chi connectivity index (χ1) is 10.1. The molecule has 0 aliphatic carbocycles. The van der Waals surface area contributed by atoms with Crippen LogP contribution in [0, 0.1) is 13.8 Å². The number of amides is 1. The van der Waals surface area contributed by atoms with Gasteiger partial charge in [-0.3, -0.25) is 4.79 Å². The Balaban J connectivity index is 2.19. The molecule has 1 aliphatic rings. The van der Waals surface area contributed by atoms with Crippen molar-refractivity contribution in [2.24, 2.45) is 0 Å². The van der Waals surface area contributed by atoms with Crippen molar-refractivity contribution in [2.45, 2.75) is 33.7 Å². The molecule has 1 aromatic carbocycles. The summed E-state index contributed by atoms with van der Waals surface area (Å²) in [6.07, 6.45) is 0.478. The number of aromatic nitrogens is 2. The number of carbonyl (C=O) groups excluding carboxylic acids is 1. The van der Waals surface area contributed by atoms with Crippen LogP contribution in [0.1, 0.15) is 24.6 Å². The number of hydrogen-bond donors (Lipinski definition) is 1. The van der Waals surface area contributed by atoms with Gasteiger partial charge in [-0.2, -0.15) is 5.10 Å². The van der Waals surface area contributed by atoms with E-state index in [-0.39, 0.29) is 5.91 Å². The number of nitrogens with zero attached hydrogens (tertiary/aromatic N) is 3. The van der Waals surface area contributed by atoms with Crippen LogP contribution in [-0.2, 0) is 11.3 Å². The summed E-state index contributed by atoms with van der Waals surface area (Å²) in [5, 5.41) is 7.55. The predicted molar refractivity (Wildman–Crippen MR) is 84.1 cm³/mol. The molecule has 0 spiro atoms. The van der Waals surface area contributed by atoms with Crippen LogP contribution < -0.4 is 10.2 Å². The standard InChI is InChI=1S/C16H20N4O/c1-4-20-16-15(12(3)18-20)17-14(21)9-10-19(16)13-8-6-5-7-11(13)2/h5-8H,4,9-10H2,1-3H3,(H,17,21). The fourth-order valence-corrected chi connectivity index (χ4v) is 2.83. The van der Waals surface area contributed by atoms with Gasteiger partial charge < -0.3 is 10.2 Å². The third-order valence-electron chi connectivity index (χ3n) is 3.89. The topological polar surface area (TPSA) is 50.2 Å². The molecule has 0 unspecified atom stereocenters. The minimum Gasteiger partial charge on any atom is -0.324 e. The third-order valence-corrected chi connectivity index (χ3v) is 3.89. The van der Waals surface area contributed by atoms with Gasteiger partial charge in [0.15, 0.2) is 5.82 Å². The van der Waals surface area contributed by atoms with Gasteiger partial charge >= 0.3 is 0 Å². The van der Waals surface area contributed by atoms with Gasteiger partial charge in [0.1, 0.15) is 5.69 Å². The van der Waals surface area contributed by atoms with Crippen molar-refractivity contribution in [3.05, 3.63) is 35.5 Å². The minimum absolute atomic E-state index is 0.0473. The zero-order chi connectivity index (χ0) is 15.0. The van der Waals surface area contributed by atoms with Crippen LogP contribution in [-0.4, -0.2) is 22.2 Å². The number of aryl methyl sites for hydroxylation is 3. The minimum atomic E-state index is 0.0473. The van der Waals surface area contributed by atoms with Gasteiger partial charge in [0.2, 0.25) is 5.91 Å². The van der Waals surface area contributed by atoms with Crippen LogP contribution in [0.15, 0.2) is 24.3 Å². The highest BCUT2D eigenvalue weighted by Gasteiger charge is 2.27. The highest BCUT2D eigenvalue weighted by Crippen LogP contribution is 2.37. The molecule has 3 rings (SSSR count). The fourth-order valence-electron chi connectivity index (χ4n) is 2.83. The Morgan fingerprint density at radius 3 is 2.76 bits per heavy atom. The summed E-state index contributed by atoms with van der Waals surface area (Å²) in [4.78, 5) is 14.2. The van der Waals surface area contributed by atoms with Crippen molar-refractivity contribution < 1.29 is 4.79 Å². The van der Waals surface area contributed by atoms with E-state index in [9.17, 15) is 4.79 Å². The summed E-state index contributed by atoms with van der Waals surface area (Å²) in [6.45, 7) is 7.53. The number of rotatable bonds is 2. The molecular weight excluding hydrogens is 264 g/mol. The lowest BCUT2D eigenvalue weighted by Crippen LogP contribution is -2.22. The van der Waals surface area contributed by atoms with Crippen molar-refractivity contribution in [2.75, 3.05) is 16.8 Å². The summed E-state index contributed by atoms with van der Waals surface area (Å²) >= 11 is 0. The number of fused-ring (bicyclic) bond motifs is 1. The highest BCUT2D eigenvalue weighted by molar-refractivity contribution is 5.97. The van der Waals surface area contributed by atoms with E-state index in [1.807, 2.05) is 23.7 Å². The van der Waals surface area contributed by atoms with E-state index in [0.717, 1.165) is 29.4 Å². The second-order valence-corrected chi connectivity index (χ2v) is 5.34. The van der Waals surface area contributed by atoms with Crippen molar-refractivity contribution in [1.29, 1.82) is 0 Å². The van der Waals surface area contributed by atoms with E-state index in [2.05, 4.69) is 41.3 Å². The van der Waals surface area contributed by atoms with Crippen LogP contribution in [0.3, 0.4) is 0 Å². The average Bonchev–Trinajstić information content (AvgIpc) is 2.67. The largest absolute Gasteiger partial charge is 0.324 e. The van der Waals surface area contributed by atoms with Crippen molar-refractivity contribution >= 4 is 23.1 Å². The van der Waals surface area contributed by atoms with Gasteiger partial charge in [0, 0.05) is 25.2 Å². The smallest absolute Gasteiger partial charge is 0.226 e. The molecule has 5 nitrogen and oxygen atoms in total. The first-order valence-corrected chi connectivity index (χ1v) is 7.32. The Labute approximate surface area is 124 Å². The first-order valence-electron chi connectivity index (χ1n) is 7.32. The summed E-state index contributed by atoms with van der Waals surface area (Å²) < 4.78 is 1.96. The molecule has 1 amide bonds. The molecule has 0 saturated carbocycles. The van der Waals surface area contributed by atoms with Crippen LogP contribution in [0.2, 0.25) is 0 Å². The van der Waals surface area contributed by atoms with Gasteiger partial charge in [-0.25, -0.2) is 4.68 Å². The maximum atomic E-state index is 12.0. The Hall–Kier alpha value is -2.30. The molecule has 0 fully saturated rings. The molecule has 1 aromatic heterocycles. The molecule has 2 heterocycles. The second-order valence-electron chi connectivity index (χ2n) is 5.34. The number of hydrogen-bond acceptors (Lipinski definition) is 3. The number of anilines is 3. The molecule has 2 aromatic rings. The molecule has 21 heavy (non-hydrogen) atoms. The van der Waals surface area contributed by atoms with Crippen LogP contribution in [0.4, 0.5) is 17.2 Å². The maximum absolute atomic E-state index is 12.0. The molecule has 1 aliphatic heterocycles. The van der Waals surface area contributed by atoms with Crippen LogP contribution in [0.25, 0.3) is 0 Å². The lowest BCUT2D eigenvalue weighted by atomic mass is 10.1. The van der Waals surface area contributed by atoms with E-state index < -0.39 is 0 Å². The molecule has 0 bridgehead atoms. The Bertz CT molecular complexity index is 690. The Kier molecular flexibility index (Phi) is 3.41. The van der Waals surface area contributed by atoms with Crippen molar-refractivity contribution in [3.63, 3.8) is 0 Å². The van der Waals surface area contributed by atoms with Gasteiger partial charge in [0.25, 0.3) is 0 Å². The monoisotopic (exact) mass is 284 g/mol. The number of para-hydroxylation sites is 1. The maximum Gasteiger partial charge on any atom is 0.226 e. The lowest BCUT2D eigenvalue weighted by Gasteiger charge is -2.25. The van der Waals surface area contributed by atoms with Gasteiger partial charge in [-0.15, -0.1) is 0 Å². The fraction of sp³-hybridized carbons (Fsp3) is 0.375. The van der Waals surface area contributed by atoms with E-state index >= 15 is 0 Å². The molecule has 0 atom stereocenters. The highest BCUT2D eigenvalue weighted by atomic mass is 16.1. The Morgan fingerprint density at radius 2 is 2.05 bits per heavy atom. The van der Waals surface area contributed by atoms with Crippen LogP contribution in [0.5, 0.6) is 0 Å². The SMILES string of the molecule is CCn1nc(C)c2c1N(c1ccccc1C)CCC(=O)N2. The van der Waals surface area contributed by atoms with Gasteiger partial charge in [-0.05, 0) is 32.4 Å². The number of carbonyl (C=O) groups is 1. The molecular formula is C16H20N4O. The third kappa shape index (κ3) is 2.28. The van der Waals surface area contributed by atoms with Crippen molar-refractivity contribution in [1.82, 2.24) is 9.78 Å². The molecule has 1 N–H and O–H groups in total. The van der Waals surface area contributed by atoms with Crippen molar-refractivity contribution in [3.8, 4) is 0 Å². The average molecular weight is 284 g/mol. The summed E-state index contributed by atoms with van der Waals surface area (Å²) in [6, 6.07) is 8.25. The summed E-state index contributed by atoms with van der Waals surface area (Å²) in [7, 11) is 0. The molecule has 110 valence electrons. The zero-order valence-corrected chi connectivity index (χ0v) is 12.7. The second kappa shape index (κ2) is 5.24. The number of benzene rings is 1. The quantitative estimate of drug-likeness (QED) is 0.922. The van der Waals surface area contributed by atoms with E-state index in [1.54, 1.807) is 0 Å². The normalized spacial score (nSPS) is 14.6. The Morgan fingerprint density at radius 1 is 1.29 bits per heavy atom. The van der Waals surface area contributed by atoms with E-state index in [4.69, 9.17) is 0 Å². The predicted octanol–water partition coefficient (Wildman–Crippen LogP) is 3.00. The van der Waals surface area contributed by atoms with E-state index in [0.29, 0.717) is 13.0 Å². The first kappa shape index (κ1) is 13.7. The van der Waals surface area contributed by atoms with Gasteiger partial charge in [0.05, 0.1) is 5.69 Å². The van der Waals surface area contributed by atoms with E-state index in [1.165, 1.54) is 5.56 Å². The molecule has 0 radical (unpaired) electrons. The molecule has 0 saturated heterocycles.